The molecule has 4 heteroatoms. The fourth-order valence-corrected chi connectivity index (χ4v) is 2.22. The molecule has 1 unspecified atom stereocenters. The van der Waals surface area contributed by atoms with Gasteiger partial charge in [-0.25, -0.2) is 4.79 Å². The number of aryl methyl sites for hydroxylation is 1. The summed E-state index contributed by atoms with van der Waals surface area (Å²) in [6.45, 7) is 4.56. The van der Waals surface area contributed by atoms with E-state index in [4.69, 9.17) is 4.74 Å². The molecule has 1 heterocycles. The van der Waals surface area contributed by atoms with Crippen LogP contribution in [0.2, 0.25) is 0 Å². The standard InChI is InChI=1S/C14H20N2O2/c1-11-5-3-4-6-13(11)15-14(17)18-10-12-7-8-16(2)9-12/h3-6,12H,7-10H2,1-2H3,(H,15,17). The number of anilines is 1. The largest absolute Gasteiger partial charge is 0.449 e. The van der Waals surface area contributed by atoms with Crippen molar-refractivity contribution < 1.29 is 9.53 Å². The molecule has 1 aromatic rings. The molecule has 0 saturated carbocycles. The molecule has 0 aromatic heterocycles. The number of carbonyl (C=O) groups is 1. The van der Waals surface area contributed by atoms with E-state index < -0.39 is 0 Å². The Labute approximate surface area is 108 Å². The van der Waals surface area contributed by atoms with Crippen LogP contribution in [0.3, 0.4) is 0 Å². The number of hydrogen-bond acceptors (Lipinski definition) is 3. The Hall–Kier alpha value is -1.55. The third-order valence-corrected chi connectivity index (χ3v) is 3.32. The van der Waals surface area contributed by atoms with Crippen molar-refractivity contribution >= 4 is 11.8 Å². The van der Waals surface area contributed by atoms with Gasteiger partial charge in [-0.1, -0.05) is 18.2 Å². The Balaban J connectivity index is 1.77. The molecule has 0 radical (unpaired) electrons. The van der Waals surface area contributed by atoms with Crippen molar-refractivity contribution in [3.05, 3.63) is 29.8 Å². The number of amides is 1. The molecule has 0 aliphatic carbocycles. The summed E-state index contributed by atoms with van der Waals surface area (Å²) in [7, 11) is 2.09. The minimum atomic E-state index is -0.362. The van der Waals surface area contributed by atoms with Gasteiger partial charge in [0.25, 0.3) is 0 Å². The number of nitrogens with zero attached hydrogens (tertiary/aromatic N) is 1. The molecule has 1 aliphatic heterocycles. The lowest BCUT2D eigenvalue weighted by Crippen LogP contribution is -2.21. The second-order valence-corrected chi connectivity index (χ2v) is 4.96. The van der Waals surface area contributed by atoms with Crippen LogP contribution in [-0.2, 0) is 4.74 Å². The Bertz CT molecular complexity index is 420. The van der Waals surface area contributed by atoms with Gasteiger partial charge in [0.2, 0.25) is 0 Å². The first-order chi connectivity index (χ1) is 8.65. The molecule has 98 valence electrons. The van der Waals surface area contributed by atoms with Crippen molar-refractivity contribution in [1.82, 2.24) is 4.90 Å². The predicted molar refractivity (Wildman–Crippen MR) is 71.8 cm³/mol. The van der Waals surface area contributed by atoms with Gasteiger partial charge in [-0.2, -0.15) is 0 Å². The van der Waals surface area contributed by atoms with Gasteiger partial charge < -0.3 is 9.64 Å². The molecule has 0 bridgehead atoms. The van der Waals surface area contributed by atoms with E-state index in [1.165, 1.54) is 0 Å². The minimum Gasteiger partial charge on any atom is -0.449 e. The monoisotopic (exact) mass is 248 g/mol. The van der Waals surface area contributed by atoms with Crippen LogP contribution < -0.4 is 5.32 Å². The summed E-state index contributed by atoms with van der Waals surface area (Å²) in [5.41, 5.74) is 1.85. The highest BCUT2D eigenvalue weighted by Crippen LogP contribution is 2.16. The van der Waals surface area contributed by atoms with Crippen LogP contribution in [0.1, 0.15) is 12.0 Å². The fraction of sp³-hybridized carbons (Fsp3) is 0.500. The zero-order chi connectivity index (χ0) is 13.0. The van der Waals surface area contributed by atoms with E-state index in [9.17, 15) is 4.79 Å². The van der Waals surface area contributed by atoms with Gasteiger partial charge in [-0.15, -0.1) is 0 Å². The molecule has 2 rings (SSSR count). The van der Waals surface area contributed by atoms with E-state index in [1.807, 2.05) is 31.2 Å². The summed E-state index contributed by atoms with van der Waals surface area (Å²) in [5.74, 6) is 0.470. The topological polar surface area (TPSA) is 41.6 Å². The van der Waals surface area contributed by atoms with Crippen LogP contribution in [0.15, 0.2) is 24.3 Å². The van der Waals surface area contributed by atoms with Crippen LogP contribution in [0.4, 0.5) is 10.5 Å². The molecule has 4 nitrogen and oxygen atoms in total. The molecular weight excluding hydrogens is 228 g/mol. The van der Waals surface area contributed by atoms with Gasteiger partial charge in [0, 0.05) is 18.2 Å². The molecule has 1 aromatic carbocycles. The number of likely N-dealkylation sites (tertiary alicyclic amines) is 1. The normalized spacial score (nSPS) is 19.8. The third kappa shape index (κ3) is 3.47. The van der Waals surface area contributed by atoms with E-state index in [2.05, 4.69) is 17.3 Å². The second kappa shape index (κ2) is 5.87. The highest BCUT2D eigenvalue weighted by atomic mass is 16.5. The van der Waals surface area contributed by atoms with Crippen molar-refractivity contribution in [2.45, 2.75) is 13.3 Å². The summed E-state index contributed by atoms with van der Waals surface area (Å²) in [5, 5.41) is 2.77. The zero-order valence-corrected chi connectivity index (χ0v) is 11.0. The van der Waals surface area contributed by atoms with Gasteiger partial charge >= 0.3 is 6.09 Å². The van der Waals surface area contributed by atoms with E-state index in [1.54, 1.807) is 0 Å². The first-order valence-electron chi connectivity index (χ1n) is 6.33. The lowest BCUT2D eigenvalue weighted by Gasteiger charge is -2.12. The number of benzene rings is 1. The molecular formula is C14H20N2O2. The summed E-state index contributed by atoms with van der Waals surface area (Å²) < 4.78 is 5.26. The fourth-order valence-electron chi connectivity index (χ4n) is 2.22. The highest BCUT2D eigenvalue weighted by Gasteiger charge is 2.20. The van der Waals surface area contributed by atoms with Crippen molar-refractivity contribution in [2.75, 3.05) is 32.1 Å². The molecule has 1 atom stereocenters. The molecule has 1 N–H and O–H groups in total. The average molecular weight is 248 g/mol. The number of para-hydroxylation sites is 1. The number of rotatable bonds is 3. The lowest BCUT2D eigenvalue weighted by molar-refractivity contribution is 0.142. The molecule has 1 saturated heterocycles. The second-order valence-electron chi connectivity index (χ2n) is 4.96. The molecule has 1 fully saturated rings. The first kappa shape index (κ1) is 12.9. The van der Waals surface area contributed by atoms with Gasteiger partial charge in [0.1, 0.15) is 0 Å². The van der Waals surface area contributed by atoms with Crippen LogP contribution in [-0.4, -0.2) is 37.7 Å². The first-order valence-corrected chi connectivity index (χ1v) is 6.33. The average Bonchev–Trinajstić information content (AvgIpc) is 2.76. The number of nitrogens with one attached hydrogen (secondary N) is 1. The van der Waals surface area contributed by atoms with Crippen LogP contribution in [0.5, 0.6) is 0 Å². The van der Waals surface area contributed by atoms with E-state index in [-0.39, 0.29) is 6.09 Å². The van der Waals surface area contributed by atoms with Crippen molar-refractivity contribution in [3.63, 3.8) is 0 Å². The summed E-state index contributed by atoms with van der Waals surface area (Å²) >= 11 is 0. The lowest BCUT2D eigenvalue weighted by atomic mass is 10.1. The Morgan fingerprint density at radius 2 is 2.28 bits per heavy atom. The van der Waals surface area contributed by atoms with Crippen LogP contribution in [0, 0.1) is 12.8 Å². The van der Waals surface area contributed by atoms with Crippen molar-refractivity contribution in [2.24, 2.45) is 5.92 Å². The third-order valence-electron chi connectivity index (χ3n) is 3.32. The Morgan fingerprint density at radius 1 is 1.50 bits per heavy atom. The predicted octanol–water partition coefficient (Wildman–Crippen LogP) is 2.50. The summed E-state index contributed by atoms with van der Waals surface area (Å²) in [6.07, 6.45) is 0.743. The Kier molecular flexibility index (Phi) is 4.20. The number of ether oxygens (including phenoxy) is 1. The zero-order valence-electron chi connectivity index (χ0n) is 11.0. The quantitative estimate of drug-likeness (QED) is 0.893. The van der Waals surface area contributed by atoms with Crippen molar-refractivity contribution in [1.29, 1.82) is 0 Å². The maximum Gasteiger partial charge on any atom is 0.411 e. The molecule has 18 heavy (non-hydrogen) atoms. The van der Waals surface area contributed by atoms with Crippen LogP contribution >= 0.6 is 0 Å². The maximum atomic E-state index is 11.7. The molecule has 0 spiro atoms. The minimum absolute atomic E-state index is 0.362. The van der Waals surface area contributed by atoms with Gasteiger partial charge in [-0.05, 0) is 38.6 Å². The van der Waals surface area contributed by atoms with E-state index in [0.29, 0.717) is 12.5 Å². The molecule has 1 aliphatic rings. The summed E-state index contributed by atoms with van der Waals surface area (Å²) in [6, 6.07) is 7.68. The smallest absolute Gasteiger partial charge is 0.411 e. The van der Waals surface area contributed by atoms with Gasteiger partial charge in [-0.3, -0.25) is 5.32 Å². The maximum absolute atomic E-state index is 11.7. The summed E-state index contributed by atoms with van der Waals surface area (Å²) in [4.78, 5) is 13.9. The van der Waals surface area contributed by atoms with Gasteiger partial charge in [0.05, 0.1) is 6.61 Å². The number of carbonyl (C=O) groups excluding carboxylic acids is 1. The highest BCUT2D eigenvalue weighted by molar-refractivity contribution is 5.85. The van der Waals surface area contributed by atoms with Crippen LogP contribution in [0.25, 0.3) is 0 Å². The number of hydrogen-bond donors (Lipinski definition) is 1. The SMILES string of the molecule is Cc1ccccc1NC(=O)OCC1CCN(C)C1. The van der Waals surface area contributed by atoms with Crippen molar-refractivity contribution in [3.8, 4) is 0 Å². The molecule has 1 amide bonds. The van der Waals surface area contributed by atoms with Gasteiger partial charge in [0.15, 0.2) is 0 Å². The van der Waals surface area contributed by atoms with E-state index in [0.717, 1.165) is 30.8 Å². The Morgan fingerprint density at radius 3 is 2.94 bits per heavy atom. The van der Waals surface area contributed by atoms with E-state index >= 15 is 0 Å².